The zero-order chi connectivity index (χ0) is 13.0. The van der Waals surface area contributed by atoms with Gasteiger partial charge in [0.1, 0.15) is 5.82 Å². The van der Waals surface area contributed by atoms with Crippen LogP contribution >= 0.6 is 11.6 Å². The molecule has 17 heavy (non-hydrogen) atoms. The zero-order valence-electron chi connectivity index (χ0n) is 10.3. The van der Waals surface area contributed by atoms with E-state index in [1.165, 1.54) is 6.07 Å². The van der Waals surface area contributed by atoms with Gasteiger partial charge in [0.2, 0.25) is 0 Å². The molecule has 0 bridgehead atoms. The summed E-state index contributed by atoms with van der Waals surface area (Å²) in [6.45, 7) is 4.18. The van der Waals surface area contributed by atoms with E-state index in [0.29, 0.717) is 22.8 Å². The third-order valence-corrected chi connectivity index (χ3v) is 3.11. The van der Waals surface area contributed by atoms with Crippen LogP contribution in [-0.4, -0.2) is 13.6 Å². The van der Waals surface area contributed by atoms with Crippen LogP contribution in [0.3, 0.4) is 0 Å². The minimum absolute atomic E-state index is 0.0690. The Morgan fingerprint density at radius 2 is 2.18 bits per heavy atom. The van der Waals surface area contributed by atoms with Crippen LogP contribution in [0.4, 0.5) is 10.1 Å². The lowest BCUT2D eigenvalue weighted by Crippen LogP contribution is -2.24. The van der Waals surface area contributed by atoms with Gasteiger partial charge in [-0.1, -0.05) is 18.5 Å². The quantitative estimate of drug-likeness (QED) is 0.818. The van der Waals surface area contributed by atoms with E-state index in [0.717, 1.165) is 6.42 Å². The second-order valence-corrected chi connectivity index (χ2v) is 4.57. The van der Waals surface area contributed by atoms with Crippen molar-refractivity contribution in [2.45, 2.75) is 20.3 Å². The minimum Gasteiger partial charge on any atom is -0.372 e. The maximum Gasteiger partial charge on any atom is 0.128 e. The molecule has 0 N–H and O–H groups in total. The Morgan fingerprint density at radius 3 is 2.71 bits per heavy atom. The number of halogens is 2. The van der Waals surface area contributed by atoms with E-state index in [-0.39, 0.29) is 11.7 Å². The lowest BCUT2D eigenvalue weighted by atomic mass is 10.1. The minimum atomic E-state index is -0.277. The first-order valence-electron chi connectivity index (χ1n) is 5.56. The van der Waals surface area contributed by atoms with Crippen molar-refractivity contribution in [3.8, 4) is 6.07 Å². The summed E-state index contributed by atoms with van der Waals surface area (Å²) in [6, 6.07) is 5.24. The lowest BCUT2D eigenvalue weighted by molar-refractivity contribution is 0.611. The Balaban J connectivity index is 2.93. The van der Waals surface area contributed by atoms with Gasteiger partial charge in [-0.15, -0.1) is 0 Å². The van der Waals surface area contributed by atoms with Crippen LogP contribution in [0.2, 0.25) is 5.02 Å². The van der Waals surface area contributed by atoms with Crippen LogP contribution in [0, 0.1) is 30.0 Å². The third-order valence-electron chi connectivity index (χ3n) is 2.81. The molecule has 2 nitrogen and oxygen atoms in total. The number of nitrogens with zero attached hydrogens (tertiary/aromatic N) is 2. The molecule has 0 heterocycles. The van der Waals surface area contributed by atoms with Crippen LogP contribution in [0.1, 0.15) is 18.9 Å². The topological polar surface area (TPSA) is 27.0 Å². The molecule has 0 fully saturated rings. The van der Waals surface area contributed by atoms with E-state index < -0.39 is 0 Å². The third kappa shape index (κ3) is 3.34. The van der Waals surface area contributed by atoms with E-state index in [1.54, 1.807) is 13.0 Å². The zero-order valence-corrected chi connectivity index (χ0v) is 11.1. The van der Waals surface area contributed by atoms with Gasteiger partial charge in [0.15, 0.2) is 0 Å². The number of hydrogen-bond donors (Lipinski definition) is 0. The van der Waals surface area contributed by atoms with Crippen LogP contribution in [0.15, 0.2) is 12.1 Å². The second kappa shape index (κ2) is 5.88. The van der Waals surface area contributed by atoms with Gasteiger partial charge in [0.25, 0.3) is 0 Å². The van der Waals surface area contributed by atoms with Crippen molar-refractivity contribution in [1.82, 2.24) is 0 Å². The van der Waals surface area contributed by atoms with Gasteiger partial charge in [-0.2, -0.15) is 5.26 Å². The van der Waals surface area contributed by atoms with E-state index in [4.69, 9.17) is 16.9 Å². The fraction of sp³-hybridized carbons (Fsp3) is 0.462. The largest absolute Gasteiger partial charge is 0.372 e. The monoisotopic (exact) mass is 254 g/mol. The lowest BCUT2D eigenvalue weighted by Gasteiger charge is -2.23. The summed E-state index contributed by atoms with van der Waals surface area (Å²) >= 11 is 6.07. The number of aryl methyl sites for hydroxylation is 1. The Morgan fingerprint density at radius 1 is 1.53 bits per heavy atom. The first kappa shape index (κ1) is 13.8. The average molecular weight is 255 g/mol. The Labute approximate surface area is 107 Å². The maximum absolute atomic E-state index is 13.5. The molecule has 0 aromatic heterocycles. The summed E-state index contributed by atoms with van der Waals surface area (Å²) in [5, 5.41) is 9.42. The molecule has 0 aliphatic rings. The predicted octanol–water partition coefficient (Wildman–Crippen LogP) is 3.77. The molecule has 0 spiro atoms. The van der Waals surface area contributed by atoms with Crippen molar-refractivity contribution < 1.29 is 4.39 Å². The predicted molar refractivity (Wildman–Crippen MR) is 68.8 cm³/mol. The van der Waals surface area contributed by atoms with Crippen molar-refractivity contribution in [2.24, 2.45) is 5.92 Å². The van der Waals surface area contributed by atoms with Gasteiger partial charge in [-0.3, -0.25) is 0 Å². The normalized spacial score (nSPS) is 12.0. The maximum atomic E-state index is 13.5. The molecule has 0 saturated carbocycles. The molecule has 1 unspecified atom stereocenters. The second-order valence-electron chi connectivity index (χ2n) is 4.17. The molecule has 92 valence electrons. The highest BCUT2D eigenvalue weighted by Gasteiger charge is 2.13. The van der Waals surface area contributed by atoms with Crippen molar-refractivity contribution in [2.75, 3.05) is 18.5 Å². The highest BCUT2D eigenvalue weighted by atomic mass is 35.5. The van der Waals surface area contributed by atoms with Crippen LogP contribution in [0.5, 0.6) is 0 Å². The van der Waals surface area contributed by atoms with E-state index in [1.807, 2.05) is 18.9 Å². The van der Waals surface area contributed by atoms with Gasteiger partial charge in [0.05, 0.1) is 22.7 Å². The fourth-order valence-corrected chi connectivity index (χ4v) is 1.98. The van der Waals surface area contributed by atoms with Crippen LogP contribution in [0.25, 0.3) is 0 Å². The van der Waals surface area contributed by atoms with Crippen LogP contribution in [-0.2, 0) is 0 Å². The van der Waals surface area contributed by atoms with Crippen molar-refractivity contribution >= 4 is 17.3 Å². The Bertz CT molecular complexity index is 440. The Kier molecular flexibility index (Phi) is 4.77. The molecular weight excluding hydrogens is 239 g/mol. The molecule has 1 aromatic carbocycles. The molecular formula is C13H16ClFN2. The number of benzene rings is 1. The van der Waals surface area contributed by atoms with Crippen molar-refractivity contribution in [1.29, 1.82) is 5.26 Å². The smallest absolute Gasteiger partial charge is 0.128 e. The summed E-state index contributed by atoms with van der Waals surface area (Å²) in [7, 11) is 1.82. The number of anilines is 1. The molecule has 4 heteroatoms. The summed E-state index contributed by atoms with van der Waals surface area (Å²) < 4.78 is 13.5. The molecule has 1 rings (SSSR count). The molecule has 0 amide bonds. The number of nitriles is 1. The van der Waals surface area contributed by atoms with Gasteiger partial charge in [-0.25, -0.2) is 4.39 Å². The SMILES string of the molecule is CCC(C#N)CN(C)c1cc(F)c(C)cc1Cl. The van der Waals surface area contributed by atoms with E-state index in [2.05, 4.69) is 6.07 Å². The molecule has 1 atom stereocenters. The van der Waals surface area contributed by atoms with E-state index >= 15 is 0 Å². The summed E-state index contributed by atoms with van der Waals surface area (Å²) in [6.07, 6.45) is 0.771. The van der Waals surface area contributed by atoms with Gasteiger partial charge < -0.3 is 4.90 Å². The highest BCUT2D eigenvalue weighted by molar-refractivity contribution is 6.33. The van der Waals surface area contributed by atoms with Gasteiger partial charge >= 0.3 is 0 Å². The molecule has 0 aliphatic carbocycles. The molecule has 1 aromatic rings. The molecule has 0 radical (unpaired) electrons. The first-order valence-corrected chi connectivity index (χ1v) is 5.93. The van der Waals surface area contributed by atoms with Gasteiger partial charge in [-0.05, 0) is 31.0 Å². The fourth-order valence-electron chi connectivity index (χ4n) is 1.62. The van der Waals surface area contributed by atoms with E-state index in [9.17, 15) is 4.39 Å². The number of rotatable bonds is 4. The molecule has 0 aliphatic heterocycles. The standard InChI is InChI=1S/C13H16ClFN2/c1-4-10(7-16)8-17(3)13-6-12(15)9(2)5-11(13)14/h5-6,10H,4,8H2,1-3H3. The molecule has 0 saturated heterocycles. The Hall–Kier alpha value is -1.27. The average Bonchev–Trinajstić information content (AvgIpc) is 2.30. The summed E-state index contributed by atoms with van der Waals surface area (Å²) in [4.78, 5) is 1.82. The summed E-state index contributed by atoms with van der Waals surface area (Å²) in [5.41, 5.74) is 1.16. The highest BCUT2D eigenvalue weighted by Crippen LogP contribution is 2.28. The van der Waals surface area contributed by atoms with Crippen molar-refractivity contribution in [3.63, 3.8) is 0 Å². The first-order chi connectivity index (χ1) is 7.99. The van der Waals surface area contributed by atoms with Crippen LogP contribution < -0.4 is 4.90 Å². The number of hydrogen-bond acceptors (Lipinski definition) is 2. The van der Waals surface area contributed by atoms with Crippen molar-refractivity contribution in [3.05, 3.63) is 28.5 Å². The summed E-state index contributed by atoms with van der Waals surface area (Å²) in [5.74, 6) is -0.346. The van der Waals surface area contributed by atoms with Gasteiger partial charge in [0, 0.05) is 13.6 Å².